The van der Waals surface area contributed by atoms with Crippen LogP contribution < -0.4 is 19.1 Å². The lowest BCUT2D eigenvalue weighted by Gasteiger charge is -2.39. The van der Waals surface area contributed by atoms with Gasteiger partial charge >= 0.3 is 0 Å². The molecule has 2 aromatic heterocycles. The van der Waals surface area contributed by atoms with E-state index in [4.69, 9.17) is 30.5 Å². The van der Waals surface area contributed by atoms with E-state index >= 15 is 0 Å². The smallest absolute Gasteiger partial charge is 0.277 e. The molecule has 1 aliphatic carbocycles. The highest BCUT2D eigenvalue weighted by atomic mass is 35.5. The summed E-state index contributed by atoms with van der Waals surface area (Å²) in [7, 11) is -4.64. The molecular formula is C48H53ClN6O9S. The van der Waals surface area contributed by atoms with Gasteiger partial charge in [0.25, 0.3) is 21.6 Å². The number of anilines is 1. The Morgan fingerprint density at radius 3 is 2.60 bits per heavy atom. The second kappa shape index (κ2) is 18.8. The zero-order valence-electron chi connectivity index (χ0n) is 36.5. The van der Waals surface area contributed by atoms with Gasteiger partial charge < -0.3 is 28.8 Å². The molecule has 0 saturated carbocycles. The maximum absolute atomic E-state index is 14.1. The van der Waals surface area contributed by atoms with Crippen molar-refractivity contribution in [3.8, 4) is 17.2 Å². The number of nitrogens with zero attached hydrogens (tertiary/aromatic N) is 4. The molecule has 15 nitrogen and oxygen atoms in total. The number of aromatic nitrogens is 2. The van der Waals surface area contributed by atoms with E-state index in [2.05, 4.69) is 50.5 Å². The Morgan fingerprint density at radius 1 is 1.05 bits per heavy atom. The number of hydrogen-bond acceptors (Lipinski definition) is 12. The highest BCUT2D eigenvalue weighted by Gasteiger charge is 2.34. The first kappa shape index (κ1) is 44.7. The largest absolute Gasteiger partial charge is 0.493 e. The second-order valence-corrected chi connectivity index (χ2v) is 20.3. The number of nitro benzene ring substituents is 1. The van der Waals surface area contributed by atoms with Gasteiger partial charge in [-0.15, -0.1) is 0 Å². The molecule has 65 heavy (non-hydrogen) atoms. The molecule has 1 amide bonds. The number of benzene rings is 3. The van der Waals surface area contributed by atoms with Crippen LogP contribution in [0.15, 0.2) is 89.6 Å². The summed E-state index contributed by atoms with van der Waals surface area (Å²) in [5, 5.41) is 13.9. The van der Waals surface area contributed by atoms with Crippen LogP contribution in [0.5, 0.6) is 17.2 Å². The second-order valence-electron chi connectivity index (χ2n) is 18.2. The van der Waals surface area contributed by atoms with Gasteiger partial charge in [0.2, 0.25) is 0 Å². The van der Waals surface area contributed by atoms with Crippen LogP contribution in [0.3, 0.4) is 0 Å². The maximum atomic E-state index is 14.1. The molecule has 1 atom stereocenters. The van der Waals surface area contributed by atoms with Crippen molar-refractivity contribution in [2.75, 3.05) is 64.1 Å². The van der Waals surface area contributed by atoms with E-state index in [-0.39, 0.29) is 53.1 Å². The lowest BCUT2D eigenvalue weighted by Crippen LogP contribution is -2.47. The fourth-order valence-corrected chi connectivity index (χ4v) is 10.4. The highest BCUT2D eigenvalue weighted by molar-refractivity contribution is 7.90. The molecule has 342 valence electrons. The molecule has 2 N–H and O–H groups in total. The van der Waals surface area contributed by atoms with Crippen molar-refractivity contribution in [3.63, 3.8) is 0 Å². The standard InChI is InChI=1S/C48H53ClN6O9S/c1-48(2)13-9-34(42(26-48)32-3-5-35(49)6-4-32)28-53-15-17-54(18-16-53)36-7-8-40(45(23-36)64-38-22-33-10-14-50-46(33)51-27-38)47(56)52-65(59,60)39-24-43(55(57)58)41-21-31(30-63-44(41)25-39)29-62-37-11-19-61-20-12-37/h3-8,10,14,22-25,27,31,37H,9,11-13,15-21,26,28-30H2,1-2H3,(H,50,51)(H,52,56)/t31-/m0/s1. The molecule has 3 aromatic carbocycles. The summed E-state index contributed by atoms with van der Waals surface area (Å²) in [6, 6.07) is 19.0. The number of ether oxygens (including phenoxy) is 4. The van der Waals surface area contributed by atoms with E-state index in [0.717, 1.165) is 73.9 Å². The van der Waals surface area contributed by atoms with Gasteiger partial charge in [-0.05, 0) is 91.5 Å². The third-order valence-corrected chi connectivity index (χ3v) is 14.5. The predicted molar refractivity (Wildman–Crippen MR) is 247 cm³/mol. The summed E-state index contributed by atoms with van der Waals surface area (Å²) in [5.41, 5.74) is 5.59. The van der Waals surface area contributed by atoms with Gasteiger partial charge in [-0.3, -0.25) is 19.8 Å². The number of nitro groups is 1. The van der Waals surface area contributed by atoms with Gasteiger partial charge in [0.15, 0.2) is 0 Å². The average Bonchev–Trinajstić information content (AvgIpc) is 3.77. The van der Waals surface area contributed by atoms with Crippen molar-refractivity contribution in [1.29, 1.82) is 0 Å². The number of piperazine rings is 1. The number of fused-ring (bicyclic) bond motifs is 2. The SMILES string of the molecule is CC1(C)CCC(CN2CCN(c3ccc(C(=O)NS(=O)(=O)c4cc5c(c([N+](=O)[O-])c4)C[C@@H](COC4CCOCC4)CO5)c(Oc4cnc5[nH]ccc5c4)c3)CC2)=C(c2ccc(Cl)cc2)C1. The van der Waals surface area contributed by atoms with E-state index in [9.17, 15) is 23.3 Å². The first-order chi connectivity index (χ1) is 31.3. The fourth-order valence-electron chi connectivity index (χ4n) is 9.25. The molecule has 0 spiro atoms. The molecular weight excluding hydrogens is 872 g/mol. The number of nitrogens with one attached hydrogen (secondary N) is 2. The normalized spacial score (nSPS) is 19.4. The van der Waals surface area contributed by atoms with Crippen LogP contribution in [-0.2, 0) is 25.9 Å². The minimum atomic E-state index is -4.64. The molecule has 5 heterocycles. The molecule has 17 heteroatoms. The molecule has 9 rings (SSSR count). The van der Waals surface area contributed by atoms with E-state index < -0.39 is 31.4 Å². The number of carbonyl (C=O) groups excluding carboxylic acids is 1. The highest BCUT2D eigenvalue weighted by Crippen LogP contribution is 2.44. The summed E-state index contributed by atoms with van der Waals surface area (Å²) in [5.74, 6) is -0.595. The van der Waals surface area contributed by atoms with Crippen LogP contribution in [0.25, 0.3) is 16.6 Å². The van der Waals surface area contributed by atoms with E-state index in [0.29, 0.717) is 44.3 Å². The van der Waals surface area contributed by atoms with Crippen molar-refractivity contribution in [1.82, 2.24) is 19.6 Å². The number of pyridine rings is 1. The predicted octanol–water partition coefficient (Wildman–Crippen LogP) is 8.57. The molecule has 5 aromatic rings. The van der Waals surface area contributed by atoms with Crippen molar-refractivity contribution in [3.05, 3.63) is 117 Å². The third kappa shape index (κ3) is 10.3. The number of allylic oxidation sites excluding steroid dienone is 1. The molecule has 0 radical (unpaired) electrons. The number of sulfonamides is 1. The third-order valence-electron chi connectivity index (χ3n) is 12.9. The zero-order valence-corrected chi connectivity index (χ0v) is 38.1. The van der Waals surface area contributed by atoms with Crippen LogP contribution in [0.2, 0.25) is 5.02 Å². The Hall–Kier alpha value is -5.52. The van der Waals surface area contributed by atoms with Crippen LogP contribution in [0, 0.1) is 21.4 Å². The zero-order chi connectivity index (χ0) is 45.3. The van der Waals surface area contributed by atoms with Crippen molar-refractivity contribution in [2.45, 2.75) is 63.4 Å². The Kier molecular flexibility index (Phi) is 12.9. The van der Waals surface area contributed by atoms with Crippen molar-refractivity contribution in [2.24, 2.45) is 11.3 Å². The molecule has 2 fully saturated rings. The number of hydrogen-bond donors (Lipinski definition) is 2. The number of rotatable bonds is 13. The summed E-state index contributed by atoms with van der Waals surface area (Å²) < 4.78 is 53.7. The van der Waals surface area contributed by atoms with E-state index in [1.165, 1.54) is 35.0 Å². The molecule has 2 saturated heterocycles. The maximum Gasteiger partial charge on any atom is 0.277 e. The van der Waals surface area contributed by atoms with Gasteiger partial charge in [0.05, 0.1) is 46.5 Å². The quantitative estimate of drug-likeness (QED) is 0.0851. The molecule has 3 aliphatic heterocycles. The number of carbonyl (C=O) groups is 1. The van der Waals surface area contributed by atoms with Crippen LogP contribution in [0.4, 0.5) is 11.4 Å². The summed E-state index contributed by atoms with van der Waals surface area (Å²) in [6.45, 7) is 10.4. The van der Waals surface area contributed by atoms with E-state index in [1.54, 1.807) is 24.4 Å². The number of H-pyrrole nitrogens is 1. The number of halogens is 1. The van der Waals surface area contributed by atoms with Gasteiger partial charge in [0, 0.05) is 92.3 Å². The lowest BCUT2D eigenvalue weighted by molar-refractivity contribution is -0.386. The van der Waals surface area contributed by atoms with Gasteiger partial charge in [0.1, 0.15) is 22.9 Å². The van der Waals surface area contributed by atoms with Crippen LogP contribution >= 0.6 is 11.6 Å². The summed E-state index contributed by atoms with van der Waals surface area (Å²) >= 11 is 6.25. The summed E-state index contributed by atoms with van der Waals surface area (Å²) in [6.07, 6.45) is 8.34. The molecule has 0 unspecified atom stereocenters. The minimum Gasteiger partial charge on any atom is -0.493 e. The van der Waals surface area contributed by atoms with Gasteiger partial charge in [-0.25, -0.2) is 18.1 Å². The average molecular weight is 926 g/mol. The van der Waals surface area contributed by atoms with E-state index in [1.807, 2.05) is 18.2 Å². The Morgan fingerprint density at radius 2 is 1.83 bits per heavy atom. The van der Waals surface area contributed by atoms with Gasteiger partial charge in [-0.2, -0.15) is 0 Å². The van der Waals surface area contributed by atoms with Crippen LogP contribution in [-0.4, -0.2) is 99.4 Å². The van der Waals surface area contributed by atoms with Gasteiger partial charge in [-0.1, -0.05) is 43.2 Å². The minimum absolute atomic E-state index is 0.0483. The fraction of sp³-hybridized carbons (Fsp3) is 0.417. The monoisotopic (exact) mass is 924 g/mol. The Bertz CT molecular complexity index is 2730. The van der Waals surface area contributed by atoms with Crippen molar-refractivity contribution >= 4 is 55.5 Å². The Labute approximate surface area is 383 Å². The first-order valence-electron chi connectivity index (χ1n) is 22.2. The Balaban J connectivity index is 0.928. The van der Waals surface area contributed by atoms with Crippen molar-refractivity contribution < 1.29 is 37.1 Å². The molecule has 4 aliphatic rings. The lowest BCUT2D eigenvalue weighted by atomic mass is 9.72. The van der Waals surface area contributed by atoms with Crippen LogP contribution in [0.1, 0.15) is 67.4 Å². The number of aromatic amines is 1. The first-order valence-corrected chi connectivity index (χ1v) is 24.0. The topological polar surface area (TPSA) is 178 Å². The number of amides is 1. The molecule has 0 bridgehead atoms. The summed E-state index contributed by atoms with van der Waals surface area (Å²) in [4.78, 5) is 37.5.